The van der Waals surface area contributed by atoms with Crippen LogP contribution in [0.25, 0.3) is 0 Å². The predicted octanol–water partition coefficient (Wildman–Crippen LogP) is 3.55. The first-order valence-electron chi connectivity index (χ1n) is 11.1. The number of nitrogens with one attached hydrogen (secondary N) is 2. The summed E-state index contributed by atoms with van der Waals surface area (Å²) in [6.45, 7) is 4.29. The Labute approximate surface area is 197 Å². The summed E-state index contributed by atoms with van der Waals surface area (Å²) in [5.74, 6) is -0.505. The molecule has 2 saturated heterocycles. The molecule has 2 aromatic carbocycles. The second kappa shape index (κ2) is 10.6. The number of thiocarbonyl (C=S) groups is 1. The highest BCUT2D eigenvalue weighted by molar-refractivity contribution is 7.80. The highest BCUT2D eigenvalue weighted by Crippen LogP contribution is 2.30. The van der Waals surface area contributed by atoms with Crippen LogP contribution in [-0.2, 0) is 4.74 Å². The fraction of sp³-hybridized carbons (Fsp3) is 0.391. The van der Waals surface area contributed by atoms with E-state index in [1.165, 1.54) is 31.0 Å². The zero-order valence-corrected chi connectivity index (χ0v) is 19.1. The molecule has 4 rings (SSSR count). The SMILES string of the molecule is O=C(NC(=S)Nc1ccc(N2CCCCC2)cc1)c1ccc(N2CCOCC2)c([N+](=O)[O-])c1. The van der Waals surface area contributed by atoms with E-state index in [2.05, 4.69) is 15.5 Å². The van der Waals surface area contributed by atoms with Crippen molar-refractivity contribution < 1.29 is 14.5 Å². The van der Waals surface area contributed by atoms with Crippen LogP contribution >= 0.6 is 12.2 Å². The standard InChI is InChI=1S/C23H27N5O4S/c29-22(17-4-9-20(21(16-17)28(30)31)27-12-14-32-15-13-27)25-23(33)24-18-5-7-19(8-6-18)26-10-2-1-3-11-26/h4-9,16H,1-3,10-15H2,(H2,24,25,29,33). The maximum Gasteiger partial charge on any atom is 0.293 e. The van der Waals surface area contributed by atoms with Crippen LogP contribution in [0.4, 0.5) is 22.7 Å². The predicted molar refractivity (Wildman–Crippen MR) is 132 cm³/mol. The second-order valence-corrected chi connectivity index (χ2v) is 8.47. The second-order valence-electron chi connectivity index (χ2n) is 8.06. The van der Waals surface area contributed by atoms with Gasteiger partial charge in [0.15, 0.2) is 5.11 Å². The first-order chi connectivity index (χ1) is 16.0. The number of ether oxygens (including phenoxy) is 1. The first kappa shape index (κ1) is 22.9. The van der Waals surface area contributed by atoms with Crippen LogP contribution in [0.15, 0.2) is 42.5 Å². The average Bonchev–Trinajstić information content (AvgIpc) is 2.85. The molecule has 2 aliphatic heterocycles. The lowest BCUT2D eigenvalue weighted by Crippen LogP contribution is -2.37. The van der Waals surface area contributed by atoms with Gasteiger partial charge in [-0.2, -0.15) is 0 Å². The van der Waals surface area contributed by atoms with E-state index in [-0.39, 0.29) is 16.4 Å². The van der Waals surface area contributed by atoms with Crippen molar-refractivity contribution in [2.24, 2.45) is 0 Å². The van der Waals surface area contributed by atoms with Gasteiger partial charge < -0.3 is 19.9 Å². The van der Waals surface area contributed by atoms with Crippen molar-refractivity contribution in [3.63, 3.8) is 0 Å². The third-order valence-electron chi connectivity index (χ3n) is 5.86. The van der Waals surface area contributed by atoms with Crippen molar-refractivity contribution >= 4 is 46.0 Å². The number of carbonyl (C=O) groups is 1. The van der Waals surface area contributed by atoms with Crippen molar-refractivity contribution in [1.82, 2.24) is 5.32 Å². The third kappa shape index (κ3) is 5.77. The van der Waals surface area contributed by atoms with E-state index in [0.29, 0.717) is 32.0 Å². The number of carbonyl (C=O) groups excluding carboxylic acids is 1. The number of hydrogen-bond donors (Lipinski definition) is 2. The molecule has 9 nitrogen and oxygen atoms in total. The van der Waals surface area contributed by atoms with E-state index < -0.39 is 10.8 Å². The van der Waals surface area contributed by atoms with E-state index >= 15 is 0 Å². The maximum atomic E-state index is 12.7. The molecule has 0 saturated carbocycles. The van der Waals surface area contributed by atoms with Gasteiger partial charge in [0.1, 0.15) is 5.69 Å². The van der Waals surface area contributed by atoms with Crippen LogP contribution in [0.5, 0.6) is 0 Å². The Hall–Kier alpha value is -3.24. The highest BCUT2D eigenvalue weighted by Gasteiger charge is 2.23. The van der Waals surface area contributed by atoms with Crippen LogP contribution in [-0.4, -0.2) is 55.3 Å². The van der Waals surface area contributed by atoms with Gasteiger partial charge in [0.05, 0.1) is 18.1 Å². The fourth-order valence-electron chi connectivity index (χ4n) is 4.13. The number of nitrogens with zero attached hydrogens (tertiary/aromatic N) is 3. The molecule has 2 heterocycles. The minimum Gasteiger partial charge on any atom is -0.378 e. The topological polar surface area (TPSA) is 100.0 Å². The minimum atomic E-state index is -0.505. The lowest BCUT2D eigenvalue weighted by atomic mass is 10.1. The van der Waals surface area contributed by atoms with Crippen LogP contribution < -0.4 is 20.4 Å². The first-order valence-corrected chi connectivity index (χ1v) is 11.5. The summed E-state index contributed by atoms with van der Waals surface area (Å²) < 4.78 is 5.31. The van der Waals surface area contributed by atoms with Crippen molar-refractivity contribution in [2.45, 2.75) is 19.3 Å². The molecular weight excluding hydrogens is 442 g/mol. The Bertz CT molecular complexity index is 1020. The van der Waals surface area contributed by atoms with E-state index in [0.717, 1.165) is 18.8 Å². The number of amides is 1. The highest BCUT2D eigenvalue weighted by atomic mass is 32.1. The van der Waals surface area contributed by atoms with Gasteiger partial charge in [-0.15, -0.1) is 0 Å². The van der Waals surface area contributed by atoms with Crippen LogP contribution in [0.1, 0.15) is 29.6 Å². The van der Waals surface area contributed by atoms with E-state index in [1.54, 1.807) is 12.1 Å². The van der Waals surface area contributed by atoms with E-state index in [9.17, 15) is 14.9 Å². The molecular formula is C23H27N5O4S. The molecule has 174 valence electrons. The Kier molecular flexibility index (Phi) is 7.36. The van der Waals surface area contributed by atoms with Crippen LogP contribution in [0.2, 0.25) is 0 Å². The summed E-state index contributed by atoms with van der Waals surface area (Å²) in [7, 11) is 0. The lowest BCUT2D eigenvalue weighted by molar-refractivity contribution is -0.384. The Morgan fingerprint density at radius 1 is 0.970 bits per heavy atom. The number of hydrogen-bond acceptors (Lipinski definition) is 7. The normalized spacial score (nSPS) is 16.2. The largest absolute Gasteiger partial charge is 0.378 e. The molecule has 2 aliphatic rings. The van der Waals surface area contributed by atoms with E-state index in [4.69, 9.17) is 17.0 Å². The van der Waals surface area contributed by atoms with Crippen molar-refractivity contribution in [2.75, 3.05) is 54.5 Å². The van der Waals surface area contributed by atoms with Gasteiger partial charge in [0, 0.05) is 49.2 Å². The molecule has 10 heteroatoms. The molecule has 33 heavy (non-hydrogen) atoms. The number of piperidine rings is 1. The number of nitro benzene ring substituents is 1. The molecule has 2 N–H and O–H groups in total. The summed E-state index contributed by atoms with van der Waals surface area (Å²) in [4.78, 5) is 28.1. The summed E-state index contributed by atoms with van der Waals surface area (Å²) in [5.41, 5.74) is 2.46. The molecule has 0 bridgehead atoms. The Balaban J connectivity index is 1.38. The summed E-state index contributed by atoms with van der Waals surface area (Å²) in [5, 5.41) is 17.3. The van der Waals surface area contributed by atoms with Crippen LogP contribution in [0.3, 0.4) is 0 Å². The van der Waals surface area contributed by atoms with E-state index in [1.807, 2.05) is 29.2 Å². The Morgan fingerprint density at radius 2 is 1.67 bits per heavy atom. The minimum absolute atomic E-state index is 0.114. The maximum absolute atomic E-state index is 12.7. The molecule has 0 unspecified atom stereocenters. The van der Waals surface area contributed by atoms with Gasteiger partial charge >= 0.3 is 0 Å². The fourth-order valence-corrected chi connectivity index (χ4v) is 4.34. The molecule has 0 aromatic heterocycles. The van der Waals surface area contributed by atoms with Gasteiger partial charge in [0.2, 0.25) is 0 Å². The summed E-state index contributed by atoms with van der Waals surface area (Å²) in [6, 6.07) is 12.4. The van der Waals surface area contributed by atoms with Gasteiger partial charge in [-0.05, 0) is 67.9 Å². The monoisotopic (exact) mass is 469 g/mol. The quantitative estimate of drug-likeness (QED) is 0.390. The average molecular weight is 470 g/mol. The molecule has 0 aliphatic carbocycles. The van der Waals surface area contributed by atoms with Gasteiger partial charge in [-0.1, -0.05) is 0 Å². The van der Waals surface area contributed by atoms with Gasteiger partial charge in [-0.25, -0.2) is 0 Å². The number of morpholine rings is 1. The third-order valence-corrected chi connectivity index (χ3v) is 6.06. The zero-order chi connectivity index (χ0) is 23.2. The molecule has 1 amide bonds. The number of rotatable bonds is 5. The Morgan fingerprint density at radius 3 is 2.33 bits per heavy atom. The van der Waals surface area contributed by atoms with Crippen molar-refractivity contribution in [3.05, 3.63) is 58.1 Å². The molecule has 2 fully saturated rings. The smallest absolute Gasteiger partial charge is 0.293 e. The molecule has 0 radical (unpaired) electrons. The number of anilines is 3. The molecule has 2 aromatic rings. The van der Waals surface area contributed by atoms with Gasteiger partial charge in [-0.3, -0.25) is 20.2 Å². The van der Waals surface area contributed by atoms with Crippen LogP contribution in [0, 0.1) is 10.1 Å². The molecule has 0 spiro atoms. The lowest BCUT2D eigenvalue weighted by Gasteiger charge is -2.28. The summed E-state index contributed by atoms with van der Waals surface area (Å²) in [6.07, 6.45) is 3.70. The number of nitro groups is 1. The van der Waals surface area contributed by atoms with Gasteiger partial charge in [0.25, 0.3) is 11.6 Å². The molecule has 0 atom stereocenters. The zero-order valence-electron chi connectivity index (χ0n) is 18.3. The van der Waals surface area contributed by atoms with Crippen molar-refractivity contribution in [1.29, 1.82) is 0 Å². The number of benzene rings is 2. The summed E-state index contributed by atoms with van der Waals surface area (Å²) >= 11 is 5.27. The van der Waals surface area contributed by atoms with Crippen molar-refractivity contribution in [3.8, 4) is 0 Å².